The van der Waals surface area contributed by atoms with E-state index in [0.717, 1.165) is 30.9 Å². The molecule has 1 aromatic rings. The normalized spacial score (nSPS) is 24.0. The van der Waals surface area contributed by atoms with Crippen LogP contribution in [0, 0.1) is 0 Å². The predicted molar refractivity (Wildman–Crippen MR) is 94.7 cm³/mol. The molecule has 122 valence electrons. The monoisotopic (exact) mass is 339 g/mol. The number of rotatable bonds is 5. The lowest BCUT2D eigenvalue weighted by Gasteiger charge is -2.18. The number of aliphatic imine (C=N–C) groups is 1. The van der Waals surface area contributed by atoms with Gasteiger partial charge in [-0.25, -0.2) is 4.98 Å². The van der Waals surface area contributed by atoms with Gasteiger partial charge in [-0.1, -0.05) is 31.0 Å². The van der Waals surface area contributed by atoms with Crippen molar-refractivity contribution in [2.75, 3.05) is 13.2 Å². The summed E-state index contributed by atoms with van der Waals surface area (Å²) in [5.41, 5.74) is 7.13. The van der Waals surface area contributed by atoms with Gasteiger partial charge in [0.25, 0.3) is 0 Å². The molecule has 1 atom stereocenters. The van der Waals surface area contributed by atoms with E-state index >= 15 is 0 Å². The standard InChI is InChI=1S/C16H25N3OS2/c17-16(18-9-14-7-4-8-20-14)22-11-13-10-21-15(19-13)12-5-2-1-3-6-12/h10,12,14H,1-9,11H2,(H2,17,18). The molecular formula is C16H25N3OS2. The zero-order valence-electron chi connectivity index (χ0n) is 13.0. The molecule has 1 aliphatic heterocycles. The van der Waals surface area contributed by atoms with Crippen molar-refractivity contribution in [3.8, 4) is 0 Å². The highest BCUT2D eigenvalue weighted by molar-refractivity contribution is 8.13. The SMILES string of the molecule is NC(=NCC1CCCO1)SCc1csc(C2CCCCC2)n1. The summed E-state index contributed by atoms with van der Waals surface area (Å²) < 4.78 is 5.55. The first-order chi connectivity index (χ1) is 10.8. The van der Waals surface area contributed by atoms with Gasteiger partial charge in [0.05, 0.1) is 23.4 Å². The van der Waals surface area contributed by atoms with Gasteiger partial charge in [-0.2, -0.15) is 0 Å². The molecule has 2 aliphatic rings. The molecule has 1 saturated heterocycles. The lowest BCUT2D eigenvalue weighted by atomic mass is 9.90. The summed E-state index contributed by atoms with van der Waals surface area (Å²) >= 11 is 3.41. The Bertz CT molecular complexity index is 491. The Labute approximate surface area is 140 Å². The smallest absolute Gasteiger partial charge is 0.154 e. The molecule has 1 unspecified atom stereocenters. The van der Waals surface area contributed by atoms with Crippen LogP contribution in [0.3, 0.4) is 0 Å². The lowest BCUT2D eigenvalue weighted by molar-refractivity contribution is 0.118. The Hall–Kier alpha value is -0.590. The third kappa shape index (κ3) is 4.70. The fourth-order valence-corrected chi connectivity index (χ4v) is 4.81. The molecule has 4 nitrogen and oxygen atoms in total. The van der Waals surface area contributed by atoms with E-state index in [1.54, 1.807) is 11.8 Å². The molecule has 1 aromatic heterocycles. The Morgan fingerprint density at radius 1 is 1.32 bits per heavy atom. The van der Waals surface area contributed by atoms with Gasteiger partial charge in [-0.3, -0.25) is 4.99 Å². The van der Waals surface area contributed by atoms with E-state index in [9.17, 15) is 0 Å². The van der Waals surface area contributed by atoms with Crippen LogP contribution in [0.5, 0.6) is 0 Å². The molecular weight excluding hydrogens is 314 g/mol. The molecule has 2 fully saturated rings. The van der Waals surface area contributed by atoms with Crippen LogP contribution < -0.4 is 5.73 Å². The van der Waals surface area contributed by atoms with Crippen LogP contribution in [-0.4, -0.2) is 29.4 Å². The molecule has 1 aliphatic carbocycles. The second-order valence-corrected chi connectivity index (χ2v) is 8.00. The van der Waals surface area contributed by atoms with Crippen molar-refractivity contribution < 1.29 is 4.74 Å². The molecule has 1 saturated carbocycles. The van der Waals surface area contributed by atoms with E-state index in [4.69, 9.17) is 15.5 Å². The first-order valence-electron chi connectivity index (χ1n) is 8.30. The highest BCUT2D eigenvalue weighted by Crippen LogP contribution is 2.34. The second-order valence-electron chi connectivity index (χ2n) is 6.11. The van der Waals surface area contributed by atoms with Crippen molar-refractivity contribution in [3.63, 3.8) is 0 Å². The Morgan fingerprint density at radius 3 is 2.95 bits per heavy atom. The molecule has 0 bridgehead atoms. The quantitative estimate of drug-likeness (QED) is 0.652. The number of ether oxygens (including phenoxy) is 1. The zero-order valence-corrected chi connectivity index (χ0v) is 14.6. The summed E-state index contributed by atoms with van der Waals surface area (Å²) in [5, 5.41) is 4.16. The number of nitrogens with zero attached hydrogens (tertiary/aromatic N) is 2. The van der Waals surface area contributed by atoms with Crippen LogP contribution in [0.2, 0.25) is 0 Å². The molecule has 2 heterocycles. The molecule has 22 heavy (non-hydrogen) atoms. The minimum Gasteiger partial charge on any atom is -0.379 e. The summed E-state index contributed by atoms with van der Waals surface area (Å²) in [5.74, 6) is 1.52. The Kier molecular flexibility index (Phi) is 6.15. The maximum absolute atomic E-state index is 5.98. The van der Waals surface area contributed by atoms with E-state index in [-0.39, 0.29) is 6.10 Å². The van der Waals surface area contributed by atoms with Gasteiger partial charge in [0, 0.05) is 23.7 Å². The Balaban J connectivity index is 1.44. The number of thiazole rings is 1. The van der Waals surface area contributed by atoms with Gasteiger partial charge in [0.15, 0.2) is 5.17 Å². The highest BCUT2D eigenvalue weighted by Gasteiger charge is 2.19. The summed E-state index contributed by atoms with van der Waals surface area (Å²) in [6.45, 7) is 1.57. The Morgan fingerprint density at radius 2 is 2.18 bits per heavy atom. The maximum Gasteiger partial charge on any atom is 0.154 e. The first kappa shape index (κ1) is 16.3. The maximum atomic E-state index is 5.98. The van der Waals surface area contributed by atoms with Crippen LogP contribution in [0.25, 0.3) is 0 Å². The molecule has 0 amide bonds. The highest BCUT2D eigenvalue weighted by atomic mass is 32.2. The fourth-order valence-electron chi connectivity index (χ4n) is 3.10. The van der Waals surface area contributed by atoms with E-state index < -0.39 is 0 Å². The van der Waals surface area contributed by atoms with E-state index in [0.29, 0.717) is 17.6 Å². The van der Waals surface area contributed by atoms with Gasteiger partial charge >= 0.3 is 0 Å². The fraction of sp³-hybridized carbons (Fsp3) is 0.750. The predicted octanol–water partition coefficient (Wildman–Crippen LogP) is 3.92. The summed E-state index contributed by atoms with van der Waals surface area (Å²) in [6.07, 6.45) is 9.26. The molecule has 0 aromatic carbocycles. The van der Waals surface area contributed by atoms with Gasteiger partial charge in [-0.15, -0.1) is 11.3 Å². The molecule has 0 spiro atoms. The van der Waals surface area contributed by atoms with Crippen LogP contribution in [0.1, 0.15) is 61.6 Å². The van der Waals surface area contributed by atoms with E-state index in [2.05, 4.69) is 10.4 Å². The van der Waals surface area contributed by atoms with Crippen LogP contribution >= 0.6 is 23.1 Å². The van der Waals surface area contributed by atoms with E-state index in [1.807, 2.05) is 11.3 Å². The second kappa shape index (κ2) is 8.31. The van der Waals surface area contributed by atoms with Gasteiger partial charge in [0.1, 0.15) is 0 Å². The third-order valence-corrected chi connectivity index (χ3v) is 6.29. The van der Waals surface area contributed by atoms with Gasteiger partial charge < -0.3 is 10.5 Å². The summed E-state index contributed by atoms with van der Waals surface area (Å²) in [6, 6.07) is 0. The first-order valence-corrected chi connectivity index (χ1v) is 10.2. The van der Waals surface area contributed by atoms with Gasteiger partial charge in [0.2, 0.25) is 0 Å². The average molecular weight is 340 g/mol. The van der Waals surface area contributed by atoms with Gasteiger partial charge in [-0.05, 0) is 25.7 Å². The average Bonchev–Trinajstić information content (AvgIpc) is 3.23. The largest absolute Gasteiger partial charge is 0.379 e. The van der Waals surface area contributed by atoms with Crippen LogP contribution in [0.4, 0.5) is 0 Å². The number of aromatic nitrogens is 1. The number of nitrogens with two attached hydrogens (primary N) is 1. The van der Waals surface area contributed by atoms with E-state index in [1.165, 1.54) is 37.1 Å². The van der Waals surface area contributed by atoms with Crippen LogP contribution in [0.15, 0.2) is 10.4 Å². The summed E-state index contributed by atoms with van der Waals surface area (Å²) in [7, 11) is 0. The van der Waals surface area contributed by atoms with Crippen molar-refractivity contribution in [1.82, 2.24) is 4.98 Å². The molecule has 2 N–H and O–H groups in total. The number of hydrogen-bond acceptors (Lipinski definition) is 5. The summed E-state index contributed by atoms with van der Waals surface area (Å²) in [4.78, 5) is 9.23. The van der Waals surface area contributed by atoms with Crippen molar-refractivity contribution in [2.24, 2.45) is 10.7 Å². The molecule has 0 radical (unpaired) electrons. The minimum atomic E-state index is 0.274. The van der Waals surface area contributed by atoms with Crippen molar-refractivity contribution in [3.05, 3.63) is 16.1 Å². The third-order valence-electron chi connectivity index (χ3n) is 4.37. The van der Waals surface area contributed by atoms with Crippen molar-refractivity contribution in [2.45, 2.75) is 62.7 Å². The van der Waals surface area contributed by atoms with Crippen molar-refractivity contribution in [1.29, 1.82) is 0 Å². The van der Waals surface area contributed by atoms with Crippen molar-refractivity contribution >= 4 is 28.3 Å². The topological polar surface area (TPSA) is 60.5 Å². The zero-order chi connectivity index (χ0) is 15.2. The number of thioether (sulfide) groups is 1. The molecule has 6 heteroatoms. The minimum absolute atomic E-state index is 0.274. The van der Waals surface area contributed by atoms with Crippen LogP contribution in [-0.2, 0) is 10.5 Å². The lowest BCUT2D eigenvalue weighted by Crippen LogP contribution is -2.14. The number of hydrogen-bond donors (Lipinski definition) is 1. The molecule has 3 rings (SSSR count). The number of amidine groups is 1.